The predicted octanol–water partition coefficient (Wildman–Crippen LogP) is 2.69. The van der Waals surface area contributed by atoms with Crippen LogP contribution in [0.1, 0.15) is 24.5 Å². The molecule has 0 aliphatic carbocycles. The number of carbonyl (C=O) groups is 3. The molecule has 1 heterocycles. The van der Waals surface area contributed by atoms with Crippen molar-refractivity contribution in [2.75, 3.05) is 18.1 Å². The maximum absolute atomic E-state index is 12.6. The lowest BCUT2D eigenvalue weighted by molar-refractivity contribution is -0.144. The Morgan fingerprint density at radius 3 is 2.54 bits per heavy atom. The largest absolute Gasteiger partial charge is 0.451 e. The van der Waals surface area contributed by atoms with Crippen LogP contribution in [0.3, 0.4) is 0 Å². The third-order valence-electron chi connectivity index (χ3n) is 4.38. The average Bonchev–Trinajstić information content (AvgIpc) is 2.71. The highest BCUT2D eigenvalue weighted by molar-refractivity contribution is 6.00. The third-order valence-corrected chi connectivity index (χ3v) is 4.38. The monoisotopic (exact) mass is 378 g/mol. The molecule has 0 radical (unpaired) electrons. The fourth-order valence-corrected chi connectivity index (χ4v) is 3.13. The minimum Gasteiger partial charge on any atom is -0.451 e. The average molecular weight is 378 g/mol. The molecule has 2 aromatic rings. The van der Waals surface area contributed by atoms with E-state index in [-0.39, 0.29) is 18.2 Å². The van der Waals surface area contributed by atoms with Gasteiger partial charge in [0.05, 0.1) is 0 Å². The molecule has 3 rings (SSSR count). The number of nitrogens with zero attached hydrogens (tertiary/aromatic N) is 1. The van der Waals surface area contributed by atoms with Crippen molar-refractivity contribution in [3.8, 4) is 0 Å². The second-order valence-corrected chi connectivity index (χ2v) is 6.50. The van der Waals surface area contributed by atoms with Crippen molar-refractivity contribution in [1.29, 1.82) is 0 Å². The van der Waals surface area contributed by atoms with Crippen molar-refractivity contribution < 1.29 is 19.1 Å². The number of aryl methyl sites for hydroxylation is 1. The Labute approximate surface area is 163 Å². The van der Waals surface area contributed by atoms with Gasteiger partial charge in [0, 0.05) is 19.2 Å². The zero-order chi connectivity index (χ0) is 19.9. The van der Waals surface area contributed by atoms with Crippen molar-refractivity contribution in [3.05, 3.63) is 71.4 Å². The first-order valence-electron chi connectivity index (χ1n) is 9.14. The van der Waals surface area contributed by atoms with E-state index in [2.05, 4.69) is 5.32 Å². The zero-order valence-electron chi connectivity index (χ0n) is 15.7. The number of anilines is 1. The molecular weight excluding hydrogens is 356 g/mol. The Morgan fingerprint density at radius 1 is 1.07 bits per heavy atom. The second kappa shape index (κ2) is 8.99. The number of fused-ring (bicyclic) bond motifs is 1. The smallest absolute Gasteiger partial charge is 0.355 e. The molecule has 1 aliphatic heterocycles. The van der Waals surface area contributed by atoms with Gasteiger partial charge in [-0.15, -0.1) is 0 Å². The van der Waals surface area contributed by atoms with E-state index < -0.39 is 11.9 Å². The molecule has 0 bridgehead atoms. The van der Waals surface area contributed by atoms with Crippen molar-refractivity contribution in [2.45, 2.75) is 19.8 Å². The van der Waals surface area contributed by atoms with Crippen LogP contribution >= 0.6 is 0 Å². The Morgan fingerprint density at radius 2 is 1.79 bits per heavy atom. The van der Waals surface area contributed by atoms with Crippen molar-refractivity contribution >= 4 is 29.5 Å². The second-order valence-electron chi connectivity index (χ2n) is 6.50. The number of carbonyl (C=O) groups excluding carboxylic acids is 3. The van der Waals surface area contributed by atoms with E-state index in [0.717, 1.165) is 29.7 Å². The van der Waals surface area contributed by atoms with Gasteiger partial charge in [-0.05, 0) is 36.1 Å². The summed E-state index contributed by atoms with van der Waals surface area (Å²) in [5.41, 5.74) is 2.69. The highest BCUT2D eigenvalue weighted by Crippen LogP contribution is 2.26. The number of ether oxygens (including phenoxy) is 1. The Bertz CT molecular complexity index is 906. The van der Waals surface area contributed by atoms with E-state index in [0.29, 0.717) is 6.54 Å². The minimum atomic E-state index is -0.752. The SMILES string of the molecule is CC(=O)N/C(=C/c1ccccc1)C(=O)OCC(=O)N1CCCc2ccccc21. The molecule has 0 fully saturated rings. The summed E-state index contributed by atoms with van der Waals surface area (Å²) in [5, 5.41) is 2.47. The van der Waals surface area contributed by atoms with Crippen molar-refractivity contribution in [1.82, 2.24) is 5.32 Å². The van der Waals surface area contributed by atoms with Crippen LogP contribution in [-0.4, -0.2) is 30.9 Å². The Balaban J connectivity index is 1.68. The van der Waals surface area contributed by atoms with Gasteiger partial charge >= 0.3 is 5.97 Å². The normalized spacial score (nSPS) is 13.5. The number of benzene rings is 2. The standard InChI is InChI=1S/C22H22N2O4/c1-16(25)23-19(14-17-8-3-2-4-9-17)22(27)28-15-21(26)24-13-7-11-18-10-5-6-12-20(18)24/h2-6,8-10,12,14H,7,11,13,15H2,1H3,(H,23,25)/b19-14+. The highest BCUT2D eigenvalue weighted by Gasteiger charge is 2.23. The summed E-state index contributed by atoms with van der Waals surface area (Å²) in [6, 6.07) is 16.8. The van der Waals surface area contributed by atoms with Gasteiger partial charge in [0.1, 0.15) is 5.70 Å². The molecule has 6 nitrogen and oxygen atoms in total. The van der Waals surface area contributed by atoms with Gasteiger partial charge in [-0.1, -0.05) is 48.5 Å². The molecule has 6 heteroatoms. The van der Waals surface area contributed by atoms with Gasteiger partial charge in [0.25, 0.3) is 5.91 Å². The first-order chi connectivity index (χ1) is 13.5. The molecule has 0 aromatic heterocycles. The molecule has 144 valence electrons. The van der Waals surface area contributed by atoms with Crippen LogP contribution in [0.5, 0.6) is 0 Å². The van der Waals surface area contributed by atoms with Gasteiger partial charge in [-0.2, -0.15) is 0 Å². The molecule has 1 N–H and O–H groups in total. The molecule has 0 saturated carbocycles. The van der Waals surface area contributed by atoms with Crippen LogP contribution in [0, 0.1) is 0 Å². The lowest BCUT2D eigenvalue weighted by Crippen LogP contribution is -2.39. The summed E-state index contributed by atoms with van der Waals surface area (Å²) in [5.74, 6) is -1.43. The molecule has 0 spiro atoms. The molecule has 2 aromatic carbocycles. The van der Waals surface area contributed by atoms with E-state index >= 15 is 0 Å². The quantitative estimate of drug-likeness (QED) is 0.641. The van der Waals surface area contributed by atoms with E-state index in [4.69, 9.17) is 4.74 Å². The van der Waals surface area contributed by atoms with Crippen LogP contribution in [-0.2, 0) is 25.5 Å². The van der Waals surface area contributed by atoms with Gasteiger partial charge in [0.2, 0.25) is 5.91 Å². The lowest BCUT2D eigenvalue weighted by Gasteiger charge is -2.29. The van der Waals surface area contributed by atoms with E-state index in [1.54, 1.807) is 17.0 Å². The number of nitrogens with one attached hydrogen (secondary N) is 1. The summed E-state index contributed by atoms with van der Waals surface area (Å²) < 4.78 is 5.19. The Kier molecular flexibility index (Phi) is 6.22. The van der Waals surface area contributed by atoms with Crippen LogP contribution in [0.2, 0.25) is 0 Å². The maximum atomic E-state index is 12.6. The molecular formula is C22H22N2O4. The van der Waals surface area contributed by atoms with Gasteiger partial charge < -0.3 is 15.0 Å². The predicted molar refractivity (Wildman–Crippen MR) is 106 cm³/mol. The summed E-state index contributed by atoms with van der Waals surface area (Å²) in [4.78, 5) is 38.1. The fourth-order valence-electron chi connectivity index (χ4n) is 3.13. The highest BCUT2D eigenvalue weighted by atomic mass is 16.5. The molecule has 2 amide bonds. The van der Waals surface area contributed by atoms with Crippen LogP contribution in [0.25, 0.3) is 6.08 Å². The van der Waals surface area contributed by atoms with E-state index in [1.807, 2.05) is 42.5 Å². The summed E-state index contributed by atoms with van der Waals surface area (Å²) in [6.07, 6.45) is 3.30. The number of hydrogen-bond acceptors (Lipinski definition) is 4. The number of hydrogen-bond donors (Lipinski definition) is 1. The third kappa shape index (κ3) is 4.85. The van der Waals surface area contributed by atoms with Crippen LogP contribution in [0.15, 0.2) is 60.3 Å². The van der Waals surface area contributed by atoms with E-state index in [1.165, 1.54) is 13.0 Å². The van der Waals surface area contributed by atoms with Crippen molar-refractivity contribution in [3.63, 3.8) is 0 Å². The first kappa shape index (κ1) is 19.4. The Hall–Kier alpha value is -3.41. The summed E-state index contributed by atoms with van der Waals surface area (Å²) in [6.45, 7) is 1.51. The number of amides is 2. The van der Waals surface area contributed by atoms with Gasteiger partial charge in [0.15, 0.2) is 6.61 Å². The summed E-state index contributed by atoms with van der Waals surface area (Å²) >= 11 is 0. The number of esters is 1. The van der Waals surface area contributed by atoms with E-state index in [9.17, 15) is 14.4 Å². The summed E-state index contributed by atoms with van der Waals surface area (Å²) in [7, 11) is 0. The first-order valence-corrected chi connectivity index (χ1v) is 9.14. The van der Waals surface area contributed by atoms with Crippen molar-refractivity contribution in [2.24, 2.45) is 0 Å². The lowest BCUT2D eigenvalue weighted by atomic mass is 10.0. The molecule has 1 aliphatic rings. The topological polar surface area (TPSA) is 75.7 Å². The van der Waals surface area contributed by atoms with Gasteiger partial charge in [-0.3, -0.25) is 9.59 Å². The number of para-hydroxylation sites is 1. The maximum Gasteiger partial charge on any atom is 0.355 e. The van der Waals surface area contributed by atoms with Crippen LogP contribution in [0.4, 0.5) is 5.69 Å². The molecule has 0 atom stereocenters. The number of rotatable bonds is 5. The fraction of sp³-hybridized carbons (Fsp3) is 0.227. The molecule has 0 saturated heterocycles. The van der Waals surface area contributed by atoms with Gasteiger partial charge in [-0.25, -0.2) is 4.79 Å². The minimum absolute atomic E-state index is 0.00876. The zero-order valence-corrected chi connectivity index (χ0v) is 15.7. The molecule has 28 heavy (non-hydrogen) atoms. The van der Waals surface area contributed by atoms with Crippen LogP contribution < -0.4 is 10.2 Å². The molecule has 0 unspecified atom stereocenters.